The first-order valence-corrected chi connectivity index (χ1v) is 18.8. The Hall–Kier alpha value is -5.92. The van der Waals surface area contributed by atoms with Crippen molar-refractivity contribution >= 4 is 38.6 Å². The summed E-state index contributed by atoms with van der Waals surface area (Å²) in [6, 6.07) is 64.7. The number of hydrogen-bond acceptors (Lipinski definition) is 1. The third-order valence-corrected chi connectivity index (χ3v) is 10.6. The Bertz CT molecular complexity index is 2470. The van der Waals surface area contributed by atoms with Crippen molar-refractivity contribution in [1.82, 2.24) is 0 Å². The molecule has 0 unspecified atom stereocenters. The molecular weight excluding hydrogens is 639 g/mol. The fourth-order valence-corrected chi connectivity index (χ4v) is 7.66. The zero-order chi connectivity index (χ0) is 36.7. The highest BCUT2D eigenvalue weighted by Gasteiger charge is 2.20. The summed E-state index contributed by atoms with van der Waals surface area (Å²) in [6.07, 6.45) is 0. The van der Waals surface area contributed by atoms with E-state index in [-0.39, 0.29) is 10.8 Å². The van der Waals surface area contributed by atoms with Crippen LogP contribution in [0.2, 0.25) is 0 Å². The number of anilines is 3. The number of fused-ring (bicyclic) bond motifs is 2. The first kappa shape index (κ1) is 34.2. The van der Waals surface area contributed by atoms with Crippen molar-refractivity contribution < 1.29 is 0 Å². The lowest BCUT2D eigenvalue weighted by Gasteiger charge is -2.25. The predicted molar refractivity (Wildman–Crippen MR) is 230 cm³/mol. The van der Waals surface area contributed by atoms with Gasteiger partial charge in [0.1, 0.15) is 0 Å². The molecule has 0 radical (unpaired) electrons. The third kappa shape index (κ3) is 6.64. The van der Waals surface area contributed by atoms with Gasteiger partial charge in [0.05, 0.1) is 0 Å². The van der Waals surface area contributed by atoms with Gasteiger partial charge < -0.3 is 4.90 Å². The van der Waals surface area contributed by atoms with Crippen molar-refractivity contribution in [3.05, 3.63) is 187 Å². The van der Waals surface area contributed by atoms with E-state index in [0.717, 1.165) is 17.1 Å². The van der Waals surface area contributed by atoms with Gasteiger partial charge in [-0.3, -0.25) is 0 Å². The van der Waals surface area contributed by atoms with Crippen LogP contribution in [-0.4, -0.2) is 0 Å². The van der Waals surface area contributed by atoms with Gasteiger partial charge in [-0.2, -0.15) is 0 Å². The van der Waals surface area contributed by atoms with E-state index in [9.17, 15) is 0 Å². The lowest BCUT2D eigenvalue weighted by Crippen LogP contribution is -2.10. The monoisotopic (exact) mass is 685 g/mol. The molecule has 0 aromatic heterocycles. The summed E-state index contributed by atoms with van der Waals surface area (Å²) < 4.78 is 0. The van der Waals surface area contributed by atoms with E-state index in [0.29, 0.717) is 0 Å². The zero-order valence-electron chi connectivity index (χ0n) is 31.7. The van der Waals surface area contributed by atoms with Crippen LogP contribution in [0.25, 0.3) is 54.9 Å². The summed E-state index contributed by atoms with van der Waals surface area (Å²) >= 11 is 0. The molecule has 1 heteroatoms. The van der Waals surface area contributed by atoms with Gasteiger partial charge in [-0.15, -0.1) is 0 Å². The lowest BCUT2D eigenvalue weighted by molar-refractivity contribution is 0.590. The Balaban J connectivity index is 1.32. The molecule has 8 aromatic rings. The summed E-state index contributed by atoms with van der Waals surface area (Å²) in [5.74, 6) is 0. The van der Waals surface area contributed by atoms with Crippen molar-refractivity contribution in [2.45, 2.75) is 52.4 Å². The maximum absolute atomic E-state index is 2.42. The molecule has 0 aliphatic carbocycles. The van der Waals surface area contributed by atoms with Crippen LogP contribution in [0, 0.1) is 0 Å². The summed E-state index contributed by atoms with van der Waals surface area (Å²) in [5.41, 5.74) is 13.7. The number of hydrogen-bond donors (Lipinski definition) is 0. The zero-order valence-corrected chi connectivity index (χ0v) is 31.7. The normalized spacial score (nSPS) is 12.0. The molecule has 8 aromatic carbocycles. The molecule has 1 nitrogen and oxygen atoms in total. The molecule has 0 spiro atoms. The van der Waals surface area contributed by atoms with Crippen LogP contribution in [0.5, 0.6) is 0 Å². The SMILES string of the molecule is CC(C)(C)c1ccc(-c2c3ccccc3c(-c3ccc(C(C)(C)C)cc3)c3cc(-c4ccc(N(c5ccccc5)c5ccccc5)cc4)ccc23)cc1. The molecule has 0 aliphatic rings. The van der Waals surface area contributed by atoms with E-state index in [1.807, 2.05) is 0 Å². The Morgan fingerprint density at radius 2 is 0.660 bits per heavy atom. The van der Waals surface area contributed by atoms with Crippen molar-refractivity contribution in [2.24, 2.45) is 0 Å². The molecule has 0 saturated heterocycles. The minimum Gasteiger partial charge on any atom is -0.311 e. The minimum absolute atomic E-state index is 0.0850. The quantitative estimate of drug-likeness (QED) is 0.158. The highest BCUT2D eigenvalue weighted by molar-refractivity contribution is 6.22. The Kier molecular flexibility index (Phi) is 8.75. The van der Waals surface area contributed by atoms with Gasteiger partial charge in [0.15, 0.2) is 0 Å². The van der Waals surface area contributed by atoms with Gasteiger partial charge >= 0.3 is 0 Å². The predicted octanol–water partition coefficient (Wildman–Crippen LogP) is 15.1. The summed E-state index contributed by atoms with van der Waals surface area (Å²) in [5, 5.41) is 5.07. The van der Waals surface area contributed by atoms with E-state index < -0.39 is 0 Å². The molecule has 0 bridgehead atoms. The van der Waals surface area contributed by atoms with Crippen LogP contribution in [0.15, 0.2) is 176 Å². The summed E-state index contributed by atoms with van der Waals surface area (Å²) in [6.45, 7) is 13.7. The molecule has 0 saturated carbocycles. The number of rotatable bonds is 6. The van der Waals surface area contributed by atoms with Crippen molar-refractivity contribution in [2.75, 3.05) is 4.90 Å². The molecule has 0 N–H and O–H groups in total. The van der Waals surface area contributed by atoms with Crippen molar-refractivity contribution in [3.8, 4) is 33.4 Å². The lowest BCUT2D eigenvalue weighted by atomic mass is 9.82. The molecule has 53 heavy (non-hydrogen) atoms. The number of nitrogens with zero attached hydrogens (tertiary/aromatic N) is 1. The van der Waals surface area contributed by atoms with E-state index in [4.69, 9.17) is 0 Å². The fraction of sp³-hybridized carbons (Fsp3) is 0.154. The molecule has 0 aliphatic heterocycles. The van der Waals surface area contributed by atoms with Gasteiger partial charge in [0, 0.05) is 17.1 Å². The highest BCUT2D eigenvalue weighted by Crippen LogP contribution is 2.46. The first-order valence-electron chi connectivity index (χ1n) is 18.8. The number of benzene rings is 8. The molecule has 0 heterocycles. The Morgan fingerprint density at radius 1 is 0.302 bits per heavy atom. The van der Waals surface area contributed by atoms with Crippen LogP contribution in [0.3, 0.4) is 0 Å². The van der Waals surface area contributed by atoms with Crippen LogP contribution < -0.4 is 4.90 Å². The van der Waals surface area contributed by atoms with Gasteiger partial charge in [-0.05, 0) is 119 Å². The van der Waals surface area contributed by atoms with Crippen LogP contribution in [0.4, 0.5) is 17.1 Å². The van der Waals surface area contributed by atoms with E-state index >= 15 is 0 Å². The van der Waals surface area contributed by atoms with Crippen LogP contribution in [0.1, 0.15) is 52.7 Å². The third-order valence-electron chi connectivity index (χ3n) is 10.6. The number of para-hydroxylation sites is 2. The van der Waals surface area contributed by atoms with Gasteiger partial charge in [0.25, 0.3) is 0 Å². The average Bonchev–Trinajstić information content (AvgIpc) is 3.17. The fourth-order valence-electron chi connectivity index (χ4n) is 7.66. The highest BCUT2D eigenvalue weighted by atomic mass is 15.1. The van der Waals surface area contributed by atoms with Gasteiger partial charge in [-0.1, -0.05) is 175 Å². The Morgan fingerprint density at radius 3 is 1.11 bits per heavy atom. The van der Waals surface area contributed by atoms with Gasteiger partial charge in [0.2, 0.25) is 0 Å². The topological polar surface area (TPSA) is 3.24 Å². The second-order valence-electron chi connectivity index (χ2n) is 16.3. The second-order valence-corrected chi connectivity index (χ2v) is 16.3. The second kappa shape index (κ2) is 13.6. The molecule has 260 valence electrons. The molecule has 0 atom stereocenters. The van der Waals surface area contributed by atoms with E-state index in [1.165, 1.54) is 66.1 Å². The summed E-state index contributed by atoms with van der Waals surface area (Å²) in [7, 11) is 0. The average molecular weight is 686 g/mol. The summed E-state index contributed by atoms with van der Waals surface area (Å²) in [4.78, 5) is 2.31. The maximum Gasteiger partial charge on any atom is 0.0462 e. The molecule has 8 rings (SSSR count). The van der Waals surface area contributed by atoms with Gasteiger partial charge in [-0.25, -0.2) is 0 Å². The van der Waals surface area contributed by atoms with Crippen LogP contribution >= 0.6 is 0 Å². The molecular formula is C52H47N. The largest absolute Gasteiger partial charge is 0.311 e. The van der Waals surface area contributed by atoms with Crippen LogP contribution in [-0.2, 0) is 10.8 Å². The van der Waals surface area contributed by atoms with E-state index in [1.54, 1.807) is 0 Å². The Labute approximate surface area is 315 Å². The smallest absolute Gasteiger partial charge is 0.0462 e. The first-order chi connectivity index (χ1) is 25.6. The van der Waals surface area contributed by atoms with E-state index in [2.05, 4.69) is 222 Å². The van der Waals surface area contributed by atoms with Crippen molar-refractivity contribution in [1.29, 1.82) is 0 Å². The van der Waals surface area contributed by atoms with Crippen molar-refractivity contribution in [3.63, 3.8) is 0 Å². The minimum atomic E-state index is 0.0850. The standard InChI is InChI=1S/C52H47N/c1-51(2,3)40-28-21-37(22-29-40)49-45-19-13-14-20-46(45)50(38-23-30-41(31-24-38)52(4,5)6)48-35-39(27-34-47(48)49)36-25-32-44(33-26-36)53(42-15-9-7-10-16-42)43-17-11-8-12-18-43/h7-35H,1-6H3. The maximum atomic E-state index is 2.42. The molecule has 0 amide bonds. The molecule has 0 fully saturated rings.